The molecule has 4 rings (SSSR count). The number of aromatic nitrogens is 1. The van der Waals surface area contributed by atoms with Crippen molar-refractivity contribution in [2.75, 3.05) is 19.6 Å². The molecule has 2 fully saturated rings. The second kappa shape index (κ2) is 6.50. The molecule has 132 valence electrons. The first-order valence-electron chi connectivity index (χ1n) is 8.94. The van der Waals surface area contributed by atoms with Crippen LogP contribution in [-0.4, -0.2) is 41.3 Å². The number of piperidine rings is 2. The van der Waals surface area contributed by atoms with Crippen LogP contribution in [0.5, 0.6) is 0 Å². The Hall–Kier alpha value is -2.37. The third kappa shape index (κ3) is 3.13. The molecule has 0 bridgehead atoms. The second-order valence-corrected chi connectivity index (χ2v) is 7.07. The number of aromatic amines is 1. The molecule has 0 radical (unpaired) electrons. The fourth-order valence-electron chi connectivity index (χ4n) is 4.12. The number of likely N-dealkylation sites (tertiary alicyclic amines) is 1. The van der Waals surface area contributed by atoms with E-state index in [0.29, 0.717) is 32.0 Å². The van der Waals surface area contributed by atoms with Crippen molar-refractivity contribution in [3.63, 3.8) is 0 Å². The highest BCUT2D eigenvalue weighted by Gasteiger charge is 2.32. The Morgan fingerprint density at radius 1 is 1.20 bits per heavy atom. The van der Waals surface area contributed by atoms with Crippen LogP contribution >= 0.6 is 0 Å². The van der Waals surface area contributed by atoms with Crippen molar-refractivity contribution in [2.24, 2.45) is 5.92 Å². The van der Waals surface area contributed by atoms with Crippen molar-refractivity contribution in [3.8, 4) is 0 Å². The maximum Gasteiger partial charge on any atom is 0.226 e. The van der Waals surface area contributed by atoms with Crippen LogP contribution in [0.3, 0.4) is 0 Å². The number of carbonyl (C=O) groups is 2. The first kappa shape index (κ1) is 16.1. The Morgan fingerprint density at radius 2 is 2.00 bits per heavy atom. The van der Waals surface area contributed by atoms with E-state index in [-0.39, 0.29) is 23.5 Å². The van der Waals surface area contributed by atoms with Crippen molar-refractivity contribution in [3.05, 3.63) is 35.8 Å². The predicted molar refractivity (Wildman–Crippen MR) is 92.5 cm³/mol. The molecule has 2 aliphatic heterocycles. The van der Waals surface area contributed by atoms with Gasteiger partial charge in [0.15, 0.2) is 0 Å². The van der Waals surface area contributed by atoms with Crippen molar-refractivity contribution in [1.29, 1.82) is 0 Å². The van der Waals surface area contributed by atoms with E-state index in [1.807, 2.05) is 11.1 Å². The summed E-state index contributed by atoms with van der Waals surface area (Å²) < 4.78 is 13.6. The molecule has 5 nitrogen and oxygen atoms in total. The van der Waals surface area contributed by atoms with Gasteiger partial charge in [-0.1, -0.05) is 0 Å². The molecule has 2 amide bonds. The first-order chi connectivity index (χ1) is 12.1. The van der Waals surface area contributed by atoms with Crippen LogP contribution in [0.4, 0.5) is 4.39 Å². The van der Waals surface area contributed by atoms with Crippen LogP contribution in [0.2, 0.25) is 0 Å². The summed E-state index contributed by atoms with van der Waals surface area (Å²) in [4.78, 5) is 29.3. The minimum Gasteiger partial charge on any atom is -0.361 e. The van der Waals surface area contributed by atoms with Crippen LogP contribution in [0.25, 0.3) is 10.9 Å². The molecule has 2 aliphatic rings. The average molecular weight is 343 g/mol. The third-order valence-corrected chi connectivity index (χ3v) is 5.52. The summed E-state index contributed by atoms with van der Waals surface area (Å²) in [6, 6.07) is 4.81. The lowest BCUT2D eigenvalue weighted by molar-refractivity contribution is -0.141. The lowest BCUT2D eigenvalue weighted by Gasteiger charge is -2.35. The molecule has 0 aliphatic carbocycles. The number of benzene rings is 1. The summed E-state index contributed by atoms with van der Waals surface area (Å²) in [6.45, 7) is 1.99. The molecule has 0 spiro atoms. The number of nitrogens with one attached hydrogen (secondary N) is 2. The molecule has 1 aromatic carbocycles. The minimum absolute atomic E-state index is 0.0275. The number of carbonyl (C=O) groups excluding carboxylic acids is 2. The Labute approximate surface area is 145 Å². The number of rotatable bonds is 2. The molecule has 6 heteroatoms. The van der Waals surface area contributed by atoms with Crippen LogP contribution < -0.4 is 5.32 Å². The van der Waals surface area contributed by atoms with Gasteiger partial charge in [-0.2, -0.15) is 0 Å². The van der Waals surface area contributed by atoms with E-state index in [2.05, 4.69) is 10.3 Å². The van der Waals surface area contributed by atoms with Gasteiger partial charge in [0.2, 0.25) is 11.8 Å². The van der Waals surface area contributed by atoms with Gasteiger partial charge in [-0.25, -0.2) is 4.39 Å². The summed E-state index contributed by atoms with van der Waals surface area (Å²) >= 11 is 0. The highest BCUT2D eigenvalue weighted by Crippen LogP contribution is 2.34. The van der Waals surface area contributed by atoms with Gasteiger partial charge >= 0.3 is 0 Å². The fraction of sp³-hybridized carbons (Fsp3) is 0.474. The number of halogens is 1. The lowest BCUT2D eigenvalue weighted by atomic mass is 9.88. The van der Waals surface area contributed by atoms with E-state index in [0.717, 1.165) is 35.7 Å². The van der Waals surface area contributed by atoms with Gasteiger partial charge in [0.25, 0.3) is 0 Å². The number of fused-ring (bicyclic) bond motifs is 1. The monoisotopic (exact) mass is 343 g/mol. The molecule has 2 aromatic rings. The van der Waals surface area contributed by atoms with E-state index in [9.17, 15) is 14.0 Å². The van der Waals surface area contributed by atoms with E-state index in [4.69, 9.17) is 0 Å². The molecule has 2 N–H and O–H groups in total. The Bertz CT molecular complexity index is 808. The van der Waals surface area contributed by atoms with Gasteiger partial charge in [-0.05, 0) is 48.9 Å². The summed E-state index contributed by atoms with van der Waals surface area (Å²) in [5.41, 5.74) is 2.08. The van der Waals surface area contributed by atoms with Crippen molar-refractivity contribution in [2.45, 2.75) is 31.6 Å². The predicted octanol–water partition coefficient (Wildman–Crippen LogP) is 2.54. The van der Waals surface area contributed by atoms with Crippen LogP contribution in [-0.2, 0) is 9.59 Å². The van der Waals surface area contributed by atoms with Gasteiger partial charge in [0.05, 0.1) is 0 Å². The summed E-state index contributed by atoms with van der Waals surface area (Å²) in [5, 5.41) is 3.71. The van der Waals surface area contributed by atoms with Crippen LogP contribution in [0.1, 0.15) is 37.2 Å². The molecule has 3 heterocycles. The fourth-order valence-corrected chi connectivity index (χ4v) is 4.12. The van der Waals surface area contributed by atoms with E-state index in [1.165, 1.54) is 6.07 Å². The average Bonchev–Trinajstić information content (AvgIpc) is 3.04. The molecular weight excluding hydrogens is 321 g/mol. The van der Waals surface area contributed by atoms with Crippen molar-refractivity contribution in [1.82, 2.24) is 15.2 Å². The van der Waals surface area contributed by atoms with Gasteiger partial charge in [-0.15, -0.1) is 0 Å². The Morgan fingerprint density at radius 3 is 2.76 bits per heavy atom. The Kier molecular flexibility index (Phi) is 4.19. The van der Waals surface area contributed by atoms with Crippen molar-refractivity contribution >= 4 is 22.7 Å². The number of hydrogen-bond acceptors (Lipinski definition) is 2. The second-order valence-electron chi connectivity index (χ2n) is 7.07. The van der Waals surface area contributed by atoms with Gasteiger partial charge in [-0.3, -0.25) is 9.59 Å². The standard InChI is InChI=1S/C19H22FN3O2/c20-14-1-2-17-15(10-14)16(11-22-17)12-4-7-23(8-5-12)19(25)13-3-6-21-18(24)9-13/h1-2,10-13,22H,3-9H2,(H,21,24)/t13-/m1/s1. The summed E-state index contributed by atoms with van der Waals surface area (Å²) in [6.07, 6.45) is 4.74. The first-order valence-corrected chi connectivity index (χ1v) is 8.94. The SMILES string of the molecule is O=C1C[C@H](C(=O)N2CCC(c3c[nH]c4ccc(F)cc34)CC2)CCN1. The molecule has 1 aromatic heterocycles. The minimum atomic E-state index is -0.225. The maximum absolute atomic E-state index is 13.6. The van der Waals surface area contributed by atoms with Gasteiger partial charge in [0.1, 0.15) is 5.82 Å². The van der Waals surface area contributed by atoms with Crippen LogP contribution in [0, 0.1) is 11.7 Å². The third-order valence-electron chi connectivity index (χ3n) is 5.52. The molecule has 2 saturated heterocycles. The van der Waals surface area contributed by atoms with Gasteiger partial charge in [0, 0.05) is 49.1 Å². The normalized spacial score (nSPS) is 22.2. The number of amides is 2. The quantitative estimate of drug-likeness (QED) is 0.880. The Balaban J connectivity index is 1.43. The zero-order chi connectivity index (χ0) is 17.4. The molecule has 25 heavy (non-hydrogen) atoms. The lowest BCUT2D eigenvalue weighted by Crippen LogP contribution is -2.45. The smallest absolute Gasteiger partial charge is 0.226 e. The zero-order valence-electron chi connectivity index (χ0n) is 14.1. The largest absolute Gasteiger partial charge is 0.361 e. The molecular formula is C19H22FN3O2. The van der Waals surface area contributed by atoms with E-state index < -0.39 is 0 Å². The van der Waals surface area contributed by atoms with Crippen LogP contribution in [0.15, 0.2) is 24.4 Å². The molecule has 0 saturated carbocycles. The highest BCUT2D eigenvalue weighted by molar-refractivity contribution is 5.87. The summed E-state index contributed by atoms with van der Waals surface area (Å²) in [5.74, 6) is 0.0110. The molecule has 0 unspecified atom stereocenters. The number of nitrogens with zero attached hydrogens (tertiary/aromatic N) is 1. The topological polar surface area (TPSA) is 65.2 Å². The number of H-pyrrole nitrogens is 1. The zero-order valence-corrected chi connectivity index (χ0v) is 14.1. The number of hydrogen-bond donors (Lipinski definition) is 2. The maximum atomic E-state index is 13.6. The van der Waals surface area contributed by atoms with Crippen molar-refractivity contribution < 1.29 is 14.0 Å². The van der Waals surface area contributed by atoms with E-state index >= 15 is 0 Å². The summed E-state index contributed by atoms with van der Waals surface area (Å²) in [7, 11) is 0. The van der Waals surface area contributed by atoms with Gasteiger partial charge < -0.3 is 15.2 Å². The highest BCUT2D eigenvalue weighted by atomic mass is 19.1. The molecule has 1 atom stereocenters. The van der Waals surface area contributed by atoms with E-state index in [1.54, 1.807) is 12.1 Å².